The second-order valence-electron chi connectivity index (χ2n) is 6.51. The fraction of sp³-hybridized carbons (Fsp3) is 0.368. The highest BCUT2D eigenvalue weighted by Crippen LogP contribution is 2.28. The highest BCUT2D eigenvalue weighted by Gasteiger charge is 2.29. The molecule has 0 fully saturated rings. The number of aromatic nitrogens is 1. The van der Waals surface area contributed by atoms with Gasteiger partial charge in [-0.2, -0.15) is 0 Å². The molecule has 1 amide bonds. The summed E-state index contributed by atoms with van der Waals surface area (Å²) in [6, 6.07) is 5.71. The van der Waals surface area contributed by atoms with Crippen molar-refractivity contribution in [3.05, 3.63) is 41.1 Å². The summed E-state index contributed by atoms with van der Waals surface area (Å²) in [6.07, 6.45) is 0.0130. The summed E-state index contributed by atoms with van der Waals surface area (Å²) < 4.78 is 0. The van der Waals surface area contributed by atoms with E-state index in [1.807, 2.05) is 19.1 Å². The van der Waals surface area contributed by atoms with Gasteiger partial charge in [0.1, 0.15) is 6.04 Å². The fourth-order valence-electron chi connectivity index (χ4n) is 3.38. The van der Waals surface area contributed by atoms with Crippen molar-refractivity contribution in [2.24, 2.45) is 0 Å². The monoisotopic (exact) mass is 371 g/mol. The molecule has 1 unspecified atom stereocenters. The second-order valence-corrected chi connectivity index (χ2v) is 6.51. The van der Waals surface area contributed by atoms with Gasteiger partial charge in [0, 0.05) is 36.2 Å². The Morgan fingerprint density at radius 2 is 2.00 bits per heavy atom. The summed E-state index contributed by atoms with van der Waals surface area (Å²) in [4.78, 5) is 42.1. The molecule has 8 nitrogen and oxygen atoms in total. The number of likely N-dealkylation sites (N-methyl/N-ethyl adjacent to an activating group) is 1. The number of nitrogens with zero attached hydrogens (tertiary/aromatic N) is 2. The third-order valence-corrected chi connectivity index (χ3v) is 4.78. The molecule has 3 N–H and O–H groups in total. The van der Waals surface area contributed by atoms with Gasteiger partial charge >= 0.3 is 11.9 Å². The first kappa shape index (κ1) is 18.8. The van der Waals surface area contributed by atoms with E-state index in [0.717, 1.165) is 24.3 Å². The number of para-hydroxylation sites is 1. The number of aliphatic carboxylic acids is 2. The van der Waals surface area contributed by atoms with Crippen molar-refractivity contribution < 1.29 is 24.6 Å². The molecule has 0 radical (unpaired) electrons. The van der Waals surface area contributed by atoms with Crippen LogP contribution in [-0.2, 0) is 22.6 Å². The van der Waals surface area contributed by atoms with Crippen LogP contribution in [0.2, 0.25) is 0 Å². The number of pyridine rings is 1. The lowest BCUT2D eigenvalue weighted by Gasteiger charge is -2.29. The molecule has 27 heavy (non-hydrogen) atoms. The van der Waals surface area contributed by atoms with E-state index in [4.69, 9.17) is 5.11 Å². The van der Waals surface area contributed by atoms with Gasteiger partial charge in [0.05, 0.1) is 17.5 Å². The van der Waals surface area contributed by atoms with Crippen molar-refractivity contribution in [3.8, 4) is 0 Å². The van der Waals surface area contributed by atoms with Gasteiger partial charge in [0.25, 0.3) is 5.91 Å². The lowest BCUT2D eigenvalue weighted by atomic mass is 9.95. The van der Waals surface area contributed by atoms with Crippen LogP contribution in [0.15, 0.2) is 24.3 Å². The summed E-state index contributed by atoms with van der Waals surface area (Å²) in [5.74, 6) is -3.26. The van der Waals surface area contributed by atoms with E-state index >= 15 is 0 Å². The fourth-order valence-corrected chi connectivity index (χ4v) is 3.38. The molecule has 0 aliphatic carbocycles. The SMILES string of the molecule is CCN1CCc2nc3ccccc3c(C(=O)NC(CC(=O)O)C(=O)O)c2C1. The van der Waals surface area contributed by atoms with Gasteiger partial charge in [-0.05, 0) is 12.6 Å². The largest absolute Gasteiger partial charge is 0.481 e. The molecule has 142 valence electrons. The number of hydrogen-bond donors (Lipinski definition) is 3. The van der Waals surface area contributed by atoms with Gasteiger partial charge in [-0.25, -0.2) is 4.79 Å². The van der Waals surface area contributed by atoms with Crippen molar-refractivity contribution >= 4 is 28.7 Å². The summed E-state index contributed by atoms with van der Waals surface area (Å²) in [7, 11) is 0. The third-order valence-electron chi connectivity index (χ3n) is 4.78. The predicted octanol–water partition coefficient (Wildman–Crippen LogP) is 1.27. The lowest BCUT2D eigenvalue weighted by molar-refractivity contribution is -0.145. The Balaban J connectivity index is 2.07. The van der Waals surface area contributed by atoms with Crippen molar-refractivity contribution in [2.75, 3.05) is 13.1 Å². The molecular formula is C19H21N3O5. The van der Waals surface area contributed by atoms with Gasteiger partial charge in [-0.1, -0.05) is 25.1 Å². The lowest BCUT2D eigenvalue weighted by Crippen LogP contribution is -2.43. The molecule has 3 rings (SSSR count). The van der Waals surface area contributed by atoms with Crippen molar-refractivity contribution in [2.45, 2.75) is 32.4 Å². The summed E-state index contributed by atoms with van der Waals surface area (Å²) in [6.45, 7) is 4.24. The smallest absolute Gasteiger partial charge is 0.326 e. The molecule has 1 aliphatic heterocycles. The van der Waals surface area contributed by atoms with E-state index in [0.29, 0.717) is 29.4 Å². The third kappa shape index (κ3) is 3.90. The average Bonchev–Trinajstić information content (AvgIpc) is 2.64. The molecule has 1 aromatic carbocycles. The molecular weight excluding hydrogens is 350 g/mol. The van der Waals surface area contributed by atoms with E-state index in [2.05, 4.69) is 15.2 Å². The number of fused-ring (bicyclic) bond motifs is 2. The molecule has 8 heteroatoms. The standard InChI is InChI=1S/C19H21N3O5/c1-2-22-8-7-14-12(10-22)17(11-5-3-4-6-13(11)20-14)18(25)21-15(19(26)27)9-16(23)24/h3-6,15H,2,7-10H2,1H3,(H,21,25)(H,23,24)(H,26,27). The van der Waals surface area contributed by atoms with Crippen molar-refractivity contribution in [3.63, 3.8) is 0 Å². The normalized spacial score (nSPS) is 15.1. The minimum Gasteiger partial charge on any atom is -0.481 e. The van der Waals surface area contributed by atoms with E-state index in [1.165, 1.54) is 0 Å². The van der Waals surface area contributed by atoms with Gasteiger partial charge < -0.3 is 15.5 Å². The van der Waals surface area contributed by atoms with Crippen LogP contribution >= 0.6 is 0 Å². The number of hydrogen-bond acceptors (Lipinski definition) is 5. The summed E-state index contributed by atoms with van der Waals surface area (Å²) in [5, 5.41) is 21.2. The Kier molecular flexibility index (Phi) is 5.36. The van der Waals surface area contributed by atoms with Gasteiger partial charge in [0.2, 0.25) is 0 Å². The van der Waals surface area contributed by atoms with E-state index in [1.54, 1.807) is 12.1 Å². The van der Waals surface area contributed by atoms with Crippen LogP contribution in [0.5, 0.6) is 0 Å². The number of carboxylic acid groups (broad SMARTS) is 2. The van der Waals surface area contributed by atoms with Crippen molar-refractivity contribution in [1.29, 1.82) is 0 Å². The van der Waals surface area contributed by atoms with Crippen LogP contribution in [0.4, 0.5) is 0 Å². The Morgan fingerprint density at radius 3 is 2.67 bits per heavy atom. The highest BCUT2D eigenvalue weighted by molar-refractivity contribution is 6.08. The van der Waals surface area contributed by atoms with E-state index in [-0.39, 0.29) is 0 Å². The molecule has 0 bridgehead atoms. The zero-order valence-electron chi connectivity index (χ0n) is 14.9. The molecule has 2 heterocycles. The van der Waals surface area contributed by atoms with Crippen LogP contribution in [0.1, 0.15) is 35.0 Å². The first-order valence-electron chi connectivity index (χ1n) is 8.79. The van der Waals surface area contributed by atoms with Gasteiger partial charge in [-0.15, -0.1) is 0 Å². The molecule has 2 aromatic rings. The quantitative estimate of drug-likeness (QED) is 0.699. The number of rotatable bonds is 6. The molecule has 1 aromatic heterocycles. The van der Waals surface area contributed by atoms with E-state index < -0.39 is 30.3 Å². The predicted molar refractivity (Wildman–Crippen MR) is 97.5 cm³/mol. The molecule has 1 atom stereocenters. The number of carbonyl (C=O) groups is 3. The number of benzene rings is 1. The van der Waals surface area contributed by atoms with Crippen LogP contribution < -0.4 is 5.32 Å². The Morgan fingerprint density at radius 1 is 1.26 bits per heavy atom. The highest BCUT2D eigenvalue weighted by atomic mass is 16.4. The minimum atomic E-state index is -1.50. The summed E-state index contributed by atoms with van der Waals surface area (Å²) in [5.41, 5.74) is 2.65. The minimum absolute atomic E-state index is 0.380. The molecule has 1 aliphatic rings. The topological polar surface area (TPSA) is 120 Å². The summed E-state index contributed by atoms with van der Waals surface area (Å²) >= 11 is 0. The maximum absolute atomic E-state index is 13.0. The van der Waals surface area contributed by atoms with Crippen LogP contribution in [0.25, 0.3) is 10.9 Å². The molecule has 0 spiro atoms. The van der Waals surface area contributed by atoms with Crippen LogP contribution in [0, 0.1) is 0 Å². The van der Waals surface area contributed by atoms with Crippen LogP contribution in [-0.4, -0.2) is 57.1 Å². The van der Waals surface area contributed by atoms with Gasteiger partial charge in [-0.3, -0.25) is 19.5 Å². The molecule has 0 saturated carbocycles. The van der Waals surface area contributed by atoms with Gasteiger partial charge in [0.15, 0.2) is 0 Å². The first-order valence-corrected chi connectivity index (χ1v) is 8.79. The number of amides is 1. The average molecular weight is 371 g/mol. The van der Waals surface area contributed by atoms with E-state index in [9.17, 15) is 19.5 Å². The number of carboxylic acids is 2. The number of nitrogens with one attached hydrogen (secondary N) is 1. The Hall–Kier alpha value is -3.00. The van der Waals surface area contributed by atoms with Crippen molar-refractivity contribution in [1.82, 2.24) is 15.2 Å². The zero-order chi connectivity index (χ0) is 19.6. The maximum atomic E-state index is 13.0. The number of carbonyl (C=O) groups excluding carboxylic acids is 1. The Bertz CT molecular complexity index is 912. The van der Waals surface area contributed by atoms with Crippen LogP contribution in [0.3, 0.4) is 0 Å². The first-order chi connectivity index (χ1) is 12.9. The zero-order valence-corrected chi connectivity index (χ0v) is 14.9. The second kappa shape index (κ2) is 7.71. The maximum Gasteiger partial charge on any atom is 0.326 e. The Labute approximate surface area is 155 Å². The molecule has 0 saturated heterocycles.